The zero-order valence-electron chi connectivity index (χ0n) is 8.87. The van der Waals surface area contributed by atoms with Crippen molar-refractivity contribution < 1.29 is 14.0 Å². The fourth-order valence-corrected chi connectivity index (χ4v) is 1.97. The van der Waals surface area contributed by atoms with Gasteiger partial charge in [0.15, 0.2) is 11.5 Å². The second kappa shape index (κ2) is 3.04. The maximum atomic E-state index is 12.0. The van der Waals surface area contributed by atoms with Crippen molar-refractivity contribution in [2.45, 2.75) is 6.92 Å². The van der Waals surface area contributed by atoms with Gasteiger partial charge in [-0.3, -0.25) is 14.4 Å². The number of hydrogen-bond donors (Lipinski definition) is 1. The van der Waals surface area contributed by atoms with E-state index in [1.807, 2.05) is 0 Å². The lowest BCUT2D eigenvalue weighted by Crippen LogP contribution is -2.22. The first-order valence-electron chi connectivity index (χ1n) is 5.00. The van der Waals surface area contributed by atoms with Crippen molar-refractivity contribution in [1.29, 1.82) is 0 Å². The fraction of sp³-hybridized carbons (Fsp3) is 0.0833. The molecule has 1 aliphatic rings. The summed E-state index contributed by atoms with van der Waals surface area (Å²) in [5.41, 5.74) is 0.146. The van der Waals surface area contributed by atoms with E-state index in [-0.39, 0.29) is 28.2 Å². The number of nitrogens with one attached hydrogen (secondary N) is 1. The number of hydrogen-bond acceptors (Lipinski definition) is 4. The Labute approximate surface area is 95.1 Å². The van der Waals surface area contributed by atoms with Gasteiger partial charge in [0, 0.05) is 17.8 Å². The third-order valence-corrected chi connectivity index (χ3v) is 2.72. The highest BCUT2D eigenvalue weighted by Crippen LogP contribution is 2.28. The maximum absolute atomic E-state index is 12.0. The molecule has 0 spiro atoms. The van der Waals surface area contributed by atoms with Crippen LogP contribution in [-0.2, 0) is 0 Å². The van der Waals surface area contributed by atoms with E-state index in [1.54, 1.807) is 6.92 Å². The molecular weight excluding hydrogens is 222 g/mol. The number of fused-ring (bicyclic) bond motifs is 2. The SMILES string of the molecule is Cc1cc2c(o1)C(=O)c1cc(=O)[nH]cc1C2=O. The molecule has 2 heterocycles. The van der Waals surface area contributed by atoms with Crippen LogP contribution in [0.1, 0.15) is 37.8 Å². The molecule has 0 saturated heterocycles. The van der Waals surface area contributed by atoms with Gasteiger partial charge in [-0.25, -0.2) is 0 Å². The number of aryl methyl sites for hydroxylation is 1. The van der Waals surface area contributed by atoms with Crippen LogP contribution in [0.15, 0.2) is 27.5 Å². The van der Waals surface area contributed by atoms with E-state index in [0.717, 1.165) is 6.07 Å². The maximum Gasteiger partial charge on any atom is 0.248 e. The lowest BCUT2D eigenvalue weighted by molar-refractivity contribution is 0.0959. The molecule has 0 aliphatic heterocycles. The van der Waals surface area contributed by atoms with Gasteiger partial charge in [0.05, 0.1) is 11.1 Å². The van der Waals surface area contributed by atoms with Gasteiger partial charge >= 0.3 is 0 Å². The van der Waals surface area contributed by atoms with Crippen LogP contribution in [-0.4, -0.2) is 16.6 Å². The van der Waals surface area contributed by atoms with Crippen LogP contribution < -0.4 is 5.56 Å². The first kappa shape index (κ1) is 9.77. The summed E-state index contributed by atoms with van der Waals surface area (Å²) in [6.07, 6.45) is 1.27. The summed E-state index contributed by atoms with van der Waals surface area (Å²) in [5, 5.41) is 0. The number of carbonyl (C=O) groups is 2. The Morgan fingerprint density at radius 2 is 1.76 bits per heavy atom. The van der Waals surface area contributed by atoms with Crippen molar-refractivity contribution in [1.82, 2.24) is 4.98 Å². The third kappa shape index (κ3) is 1.22. The molecule has 1 aliphatic carbocycles. The Balaban J connectivity index is 2.36. The van der Waals surface area contributed by atoms with Crippen molar-refractivity contribution in [3.63, 3.8) is 0 Å². The predicted molar refractivity (Wildman–Crippen MR) is 57.4 cm³/mol. The summed E-state index contributed by atoms with van der Waals surface area (Å²) < 4.78 is 5.20. The molecule has 0 saturated carbocycles. The standard InChI is InChI=1S/C12H7NO4/c1-5-2-7-10(15)8-4-13-9(14)3-6(8)11(16)12(7)17-5/h2-4H,1H3,(H,13,14). The summed E-state index contributed by atoms with van der Waals surface area (Å²) in [6, 6.07) is 2.65. The molecular formula is C12H7NO4. The second-order valence-corrected chi connectivity index (χ2v) is 3.88. The molecule has 0 fully saturated rings. The lowest BCUT2D eigenvalue weighted by Gasteiger charge is -2.11. The molecule has 2 aromatic heterocycles. The van der Waals surface area contributed by atoms with Crippen LogP contribution in [0.2, 0.25) is 0 Å². The molecule has 0 aromatic carbocycles. The topological polar surface area (TPSA) is 80.1 Å². The van der Waals surface area contributed by atoms with Crippen LogP contribution in [0.5, 0.6) is 0 Å². The molecule has 3 rings (SSSR count). The fourth-order valence-electron chi connectivity index (χ4n) is 1.97. The van der Waals surface area contributed by atoms with Crippen molar-refractivity contribution in [2.75, 3.05) is 0 Å². The summed E-state index contributed by atoms with van der Waals surface area (Å²) in [6.45, 7) is 1.66. The van der Waals surface area contributed by atoms with E-state index >= 15 is 0 Å². The second-order valence-electron chi connectivity index (χ2n) is 3.88. The molecule has 0 atom stereocenters. The van der Waals surface area contributed by atoms with E-state index in [4.69, 9.17) is 4.42 Å². The van der Waals surface area contributed by atoms with E-state index in [1.165, 1.54) is 12.3 Å². The largest absolute Gasteiger partial charge is 0.457 e. The zero-order chi connectivity index (χ0) is 12.2. The van der Waals surface area contributed by atoms with Gasteiger partial charge in [0.2, 0.25) is 11.3 Å². The summed E-state index contributed by atoms with van der Waals surface area (Å²) in [4.78, 5) is 37.6. The summed E-state index contributed by atoms with van der Waals surface area (Å²) in [5.74, 6) is -0.210. The molecule has 1 N–H and O–H groups in total. The quantitative estimate of drug-likeness (QED) is 0.624. The van der Waals surface area contributed by atoms with E-state index < -0.39 is 11.3 Å². The van der Waals surface area contributed by atoms with Gasteiger partial charge in [-0.15, -0.1) is 0 Å². The molecule has 17 heavy (non-hydrogen) atoms. The Kier molecular flexibility index (Phi) is 1.75. The molecule has 5 heteroatoms. The minimum absolute atomic E-state index is 0.0191. The zero-order valence-corrected chi connectivity index (χ0v) is 8.87. The van der Waals surface area contributed by atoms with Gasteiger partial charge in [-0.2, -0.15) is 0 Å². The molecule has 84 valence electrons. The minimum atomic E-state index is -0.422. The number of pyridine rings is 1. The van der Waals surface area contributed by atoms with Gasteiger partial charge in [-0.05, 0) is 13.0 Å². The Hall–Kier alpha value is -2.43. The summed E-state index contributed by atoms with van der Waals surface area (Å²) >= 11 is 0. The smallest absolute Gasteiger partial charge is 0.248 e. The average Bonchev–Trinajstić information content (AvgIpc) is 2.68. The number of aromatic amines is 1. The highest BCUT2D eigenvalue weighted by atomic mass is 16.3. The Bertz CT molecular complexity index is 720. The van der Waals surface area contributed by atoms with Crippen LogP contribution >= 0.6 is 0 Å². The summed E-state index contributed by atoms with van der Waals surface area (Å²) in [7, 11) is 0. The number of aromatic nitrogens is 1. The molecule has 5 nitrogen and oxygen atoms in total. The highest BCUT2D eigenvalue weighted by Gasteiger charge is 2.33. The normalized spacial score (nSPS) is 13.5. The van der Waals surface area contributed by atoms with E-state index in [0.29, 0.717) is 5.76 Å². The molecule has 0 unspecified atom stereocenters. The minimum Gasteiger partial charge on any atom is -0.457 e. The van der Waals surface area contributed by atoms with Crippen molar-refractivity contribution in [3.8, 4) is 0 Å². The average molecular weight is 229 g/mol. The number of rotatable bonds is 0. The number of carbonyl (C=O) groups excluding carboxylic acids is 2. The Morgan fingerprint density at radius 1 is 1.00 bits per heavy atom. The van der Waals surface area contributed by atoms with E-state index in [9.17, 15) is 14.4 Å². The van der Waals surface area contributed by atoms with Gasteiger partial charge in [0.1, 0.15) is 5.76 Å². The highest BCUT2D eigenvalue weighted by molar-refractivity contribution is 6.27. The monoisotopic (exact) mass is 229 g/mol. The van der Waals surface area contributed by atoms with Gasteiger partial charge in [-0.1, -0.05) is 0 Å². The van der Waals surface area contributed by atoms with Crippen molar-refractivity contribution in [2.24, 2.45) is 0 Å². The van der Waals surface area contributed by atoms with Gasteiger partial charge in [0.25, 0.3) is 0 Å². The Morgan fingerprint density at radius 3 is 2.53 bits per heavy atom. The molecule has 0 radical (unpaired) electrons. The molecule has 2 aromatic rings. The van der Waals surface area contributed by atoms with Crippen LogP contribution in [0.25, 0.3) is 0 Å². The van der Waals surface area contributed by atoms with Crippen LogP contribution in [0.3, 0.4) is 0 Å². The number of furan rings is 1. The number of ketones is 2. The first-order valence-corrected chi connectivity index (χ1v) is 5.00. The molecule has 0 bridgehead atoms. The van der Waals surface area contributed by atoms with Crippen LogP contribution in [0, 0.1) is 6.92 Å². The first-order chi connectivity index (χ1) is 8.08. The lowest BCUT2D eigenvalue weighted by atomic mass is 9.90. The third-order valence-electron chi connectivity index (χ3n) is 2.72. The van der Waals surface area contributed by atoms with Crippen molar-refractivity contribution >= 4 is 11.6 Å². The predicted octanol–water partition coefficient (Wildman–Crippen LogP) is 1.05. The molecule has 0 amide bonds. The van der Waals surface area contributed by atoms with Gasteiger partial charge < -0.3 is 9.40 Å². The number of H-pyrrole nitrogens is 1. The van der Waals surface area contributed by atoms with Crippen LogP contribution in [0.4, 0.5) is 0 Å². The van der Waals surface area contributed by atoms with Crippen molar-refractivity contribution in [3.05, 3.63) is 56.9 Å². The van der Waals surface area contributed by atoms with E-state index in [2.05, 4.69) is 4.98 Å².